The molecule has 0 atom stereocenters. The van der Waals surface area contributed by atoms with Crippen LogP contribution in [-0.2, 0) is 7.05 Å². The molecule has 2 N–H and O–H groups in total. The van der Waals surface area contributed by atoms with Gasteiger partial charge in [-0.25, -0.2) is 4.98 Å². The van der Waals surface area contributed by atoms with Gasteiger partial charge in [-0.1, -0.05) is 0 Å². The van der Waals surface area contributed by atoms with Gasteiger partial charge in [-0.05, 0) is 25.5 Å². The number of aryl methyl sites for hydroxylation is 3. The maximum absolute atomic E-state index is 5.97. The first-order chi connectivity index (χ1) is 9.54. The number of pyridine rings is 2. The summed E-state index contributed by atoms with van der Waals surface area (Å²) in [6.07, 6.45) is 3.37. The lowest BCUT2D eigenvalue weighted by atomic mass is 10.2. The third-order valence-corrected chi connectivity index (χ3v) is 3.09. The minimum atomic E-state index is 0.437. The van der Waals surface area contributed by atoms with Gasteiger partial charge in [0.25, 0.3) is 0 Å². The van der Waals surface area contributed by atoms with Crippen molar-refractivity contribution in [3.8, 4) is 11.6 Å². The van der Waals surface area contributed by atoms with Crippen LogP contribution in [0.1, 0.15) is 11.3 Å². The molecule has 3 heterocycles. The van der Waals surface area contributed by atoms with Crippen LogP contribution < -0.4 is 10.5 Å². The lowest BCUT2D eigenvalue weighted by Crippen LogP contribution is -1.97. The van der Waals surface area contributed by atoms with E-state index in [2.05, 4.69) is 15.0 Å². The molecule has 20 heavy (non-hydrogen) atoms. The Morgan fingerprint density at radius 2 is 2.00 bits per heavy atom. The average Bonchev–Trinajstić information content (AvgIpc) is 2.76. The highest BCUT2D eigenvalue weighted by Crippen LogP contribution is 2.27. The van der Waals surface area contributed by atoms with E-state index in [0.717, 1.165) is 11.3 Å². The van der Waals surface area contributed by atoms with Crippen LogP contribution in [0.4, 0.5) is 5.69 Å². The molecule has 0 aromatic carbocycles. The standard InChI is InChI=1S/C14H15N5O/c1-8-4-9(2)16-6-11(8)20-12-5-10(15)13-14(18-12)19(3)7-17-13/h4-7H,1-3H3,(H2,15,18). The van der Waals surface area contributed by atoms with E-state index in [1.165, 1.54) is 0 Å². The summed E-state index contributed by atoms with van der Waals surface area (Å²) in [5.74, 6) is 1.11. The van der Waals surface area contributed by atoms with Crippen molar-refractivity contribution >= 4 is 16.9 Å². The fraction of sp³-hybridized carbons (Fsp3) is 0.214. The molecule has 0 aliphatic heterocycles. The van der Waals surface area contributed by atoms with Gasteiger partial charge < -0.3 is 15.0 Å². The van der Waals surface area contributed by atoms with Gasteiger partial charge in [0.15, 0.2) is 11.4 Å². The second-order valence-electron chi connectivity index (χ2n) is 4.77. The van der Waals surface area contributed by atoms with Gasteiger partial charge >= 0.3 is 0 Å². The summed E-state index contributed by atoms with van der Waals surface area (Å²) in [5, 5.41) is 0. The number of ether oxygens (including phenoxy) is 1. The lowest BCUT2D eigenvalue weighted by molar-refractivity contribution is 0.458. The van der Waals surface area contributed by atoms with E-state index < -0.39 is 0 Å². The summed E-state index contributed by atoms with van der Waals surface area (Å²) in [4.78, 5) is 12.9. The van der Waals surface area contributed by atoms with E-state index in [0.29, 0.717) is 28.5 Å². The second kappa shape index (κ2) is 4.48. The van der Waals surface area contributed by atoms with Crippen molar-refractivity contribution in [2.75, 3.05) is 5.73 Å². The monoisotopic (exact) mass is 269 g/mol. The number of nitrogens with two attached hydrogens (primary N) is 1. The summed E-state index contributed by atoms with van der Waals surface area (Å²) in [7, 11) is 1.87. The summed E-state index contributed by atoms with van der Waals surface area (Å²) < 4.78 is 7.59. The SMILES string of the molecule is Cc1cc(C)c(Oc2cc(N)c3ncn(C)c3n2)cn1. The largest absolute Gasteiger partial charge is 0.437 e. The number of fused-ring (bicyclic) bond motifs is 1. The van der Waals surface area contributed by atoms with Crippen LogP contribution in [0.3, 0.4) is 0 Å². The number of aromatic nitrogens is 4. The van der Waals surface area contributed by atoms with Crippen LogP contribution in [0.15, 0.2) is 24.7 Å². The van der Waals surface area contributed by atoms with E-state index in [4.69, 9.17) is 10.5 Å². The topological polar surface area (TPSA) is 78.9 Å². The van der Waals surface area contributed by atoms with E-state index >= 15 is 0 Å². The zero-order valence-electron chi connectivity index (χ0n) is 11.6. The molecule has 0 fully saturated rings. The number of imidazole rings is 1. The Hall–Kier alpha value is -2.63. The summed E-state index contributed by atoms with van der Waals surface area (Å²) >= 11 is 0. The fourth-order valence-electron chi connectivity index (χ4n) is 2.05. The molecule has 0 saturated carbocycles. The molecule has 102 valence electrons. The quantitative estimate of drug-likeness (QED) is 0.772. The van der Waals surface area contributed by atoms with Crippen molar-refractivity contribution in [1.29, 1.82) is 0 Å². The Morgan fingerprint density at radius 1 is 1.20 bits per heavy atom. The number of anilines is 1. The molecule has 0 aliphatic carbocycles. The molecule has 0 amide bonds. The summed E-state index contributed by atoms with van der Waals surface area (Å²) in [6.45, 7) is 3.91. The predicted octanol–water partition coefficient (Wildman–Crippen LogP) is 2.35. The second-order valence-corrected chi connectivity index (χ2v) is 4.77. The van der Waals surface area contributed by atoms with Crippen molar-refractivity contribution in [2.24, 2.45) is 7.05 Å². The first-order valence-electron chi connectivity index (χ1n) is 6.23. The smallest absolute Gasteiger partial charge is 0.223 e. The molecule has 0 radical (unpaired) electrons. The molecule has 6 nitrogen and oxygen atoms in total. The van der Waals surface area contributed by atoms with E-state index in [1.807, 2.05) is 27.0 Å². The number of nitrogen functional groups attached to an aromatic ring is 1. The van der Waals surface area contributed by atoms with Crippen molar-refractivity contribution in [2.45, 2.75) is 13.8 Å². The lowest BCUT2D eigenvalue weighted by Gasteiger charge is -2.09. The summed E-state index contributed by atoms with van der Waals surface area (Å²) in [5.41, 5.74) is 9.84. The van der Waals surface area contributed by atoms with Gasteiger partial charge in [0, 0.05) is 18.8 Å². The highest BCUT2D eigenvalue weighted by molar-refractivity contribution is 5.84. The van der Waals surface area contributed by atoms with Crippen molar-refractivity contribution in [1.82, 2.24) is 19.5 Å². The third-order valence-electron chi connectivity index (χ3n) is 3.09. The molecule has 3 aromatic heterocycles. The third kappa shape index (κ3) is 2.05. The van der Waals surface area contributed by atoms with E-state index in [1.54, 1.807) is 23.2 Å². The molecular weight excluding hydrogens is 254 g/mol. The molecule has 0 bridgehead atoms. The highest BCUT2D eigenvalue weighted by atomic mass is 16.5. The zero-order valence-corrected chi connectivity index (χ0v) is 11.6. The van der Waals surface area contributed by atoms with E-state index in [9.17, 15) is 0 Å². The maximum atomic E-state index is 5.97. The maximum Gasteiger partial charge on any atom is 0.223 e. The Balaban J connectivity index is 2.04. The highest BCUT2D eigenvalue weighted by Gasteiger charge is 2.10. The van der Waals surface area contributed by atoms with Crippen LogP contribution in [0.25, 0.3) is 11.2 Å². The van der Waals surface area contributed by atoms with Gasteiger partial charge in [-0.15, -0.1) is 0 Å². The zero-order chi connectivity index (χ0) is 14.3. The van der Waals surface area contributed by atoms with Crippen molar-refractivity contribution in [3.05, 3.63) is 35.9 Å². The molecule has 0 unspecified atom stereocenters. The molecule has 3 rings (SSSR count). The number of nitrogens with zero attached hydrogens (tertiary/aromatic N) is 4. The Labute approximate surface area is 116 Å². The Kier molecular flexibility index (Phi) is 2.78. The van der Waals surface area contributed by atoms with Crippen molar-refractivity contribution < 1.29 is 4.74 Å². The van der Waals surface area contributed by atoms with Crippen LogP contribution in [0.2, 0.25) is 0 Å². The normalized spacial score (nSPS) is 10.9. The Morgan fingerprint density at radius 3 is 2.75 bits per heavy atom. The number of hydrogen-bond donors (Lipinski definition) is 1. The van der Waals surface area contributed by atoms with Gasteiger partial charge in [0.2, 0.25) is 5.88 Å². The van der Waals surface area contributed by atoms with Crippen LogP contribution in [0.5, 0.6) is 11.6 Å². The molecule has 0 saturated heterocycles. The van der Waals surface area contributed by atoms with Gasteiger partial charge in [0.1, 0.15) is 5.52 Å². The average molecular weight is 269 g/mol. The molecule has 0 aliphatic rings. The molecule has 3 aromatic rings. The Bertz CT molecular complexity index is 794. The first-order valence-corrected chi connectivity index (χ1v) is 6.23. The van der Waals surface area contributed by atoms with E-state index in [-0.39, 0.29) is 0 Å². The fourth-order valence-corrected chi connectivity index (χ4v) is 2.05. The number of rotatable bonds is 2. The van der Waals surface area contributed by atoms with Gasteiger partial charge in [-0.2, -0.15) is 4.98 Å². The van der Waals surface area contributed by atoms with Crippen LogP contribution in [0, 0.1) is 13.8 Å². The van der Waals surface area contributed by atoms with Crippen LogP contribution in [-0.4, -0.2) is 19.5 Å². The predicted molar refractivity (Wildman–Crippen MR) is 76.7 cm³/mol. The number of hydrogen-bond acceptors (Lipinski definition) is 5. The molecular formula is C14H15N5O. The van der Waals surface area contributed by atoms with Crippen molar-refractivity contribution in [3.63, 3.8) is 0 Å². The minimum Gasteiger partial charge on any atom is -0.437 e. The van der Waals surface area contributed by atoms with Gasteiger partial charge in [0.05, 0.1) is 18.2 Å². The van der Waals surface area contributed by atoms with Gasteiger partial charge in [-0.3, -0.25) is 4.98 Å². The minimum absolute atomic E-state index is 0.437. The molecule has 0 spiro atoms. The summed E-state index contributed by atoms with van der Waals surface area (Å²) in [6, 6.07) is 3.63. The van der Waals surface area contributed by atoms with Crippen LogP contribution >= 0.6 is 0 Å². The first kappa shape index (κ1) is 12.4. The molecule has 6 heteroatoms.